The quantitative estimate of drug-likeness (QED) is 0.484. The standard InChI is InChI=1S/C20H25N3O4S/c1-13(2)27-17-10-7-15(11-18(17)26-4)19(24)22-23-20(28)21-12-14-5-8-16(25-3)9-6-14/h5-11,13H,12H2,1-4H3,(H,22,24)(H2,21,23,28). The second-order valence-electron chi connectivity index (χ2n) is 6.14. The number of methoxy groups -OCH3 is 2. The molecule has 0 unspecified atom stereocenters. The van der Waals surface area contributed by atoms with Crippen LogP contribution in [0.5, 0.6) is 17.2 Å². The summed E-state index contributed by atoms with van der Waals surface area (Å²) in [5, 5.41) is 3.32. The van der Waals surface area contributed by atoms with Crippen LogP contribution >= 0.6 is 12.2 Å². The highest BCUT2D eigenvalue weighted by Gasteiger charge is 2.12. The molecule has 0 spiro atoms. The summed E-state index contributed by atoms with van der Waals surface area (Å²) in [7, 11) is 3.15. The average molecular weight is 404 g/mol. The second kappa shape index (κ2) is 10.4. The maximum absolute atomic E-state index is 12.3. The van der Waals surface area contributed by atoms with Crippen LogP contribution in [0.1, 0.15) is 29.8 Å². The fraction of sp³-hybridized carbons (Fsp3) is 0.300. The van der Waals surface area contributed by atoms with Crippen molar-refractivity contribution in [2.75, 3.05) is 14.2 Å². The van der Waals surface area contributed by atoms with Crippen LogP contribution < -0.4 is 30.4 Å². The monoisotopic (exact) mass is 403 g/mol. The smallest absolute Gasteiger partial charge is 0.269 e. The summed E-state index contributed by atoms with van der Waals surface area (Å²) in [5.74, 6) is 1.51. The molecule has 0 saturated carbocycles. The molecule has 0 aliphatic carbocycles. The second-order valence-corrected chi connectivity index (χ2v) is 6.55. The average Bonchev–Trinajstić information content (AvgIpc) is 2.70. The number of benzene rings is 2. The van der Waals surface area contributed by atoms with Gasteiger partial charge in [0.1, 0.15) is 5.75 Å². The minimum atomic E-state index is -0.344. The van der Waals surface area contributed by atoms with Gasteiger partial charge in [-0.2, -0.15) is 0 Å². The van der Waals surface area contributed by atoms with E-state index in [2.05, 4.69) is 16.2 Å². The molecule has 7 nitrogen and oxygen atoms in total. The Kier molecular flexibility index (Phi) is 7.88. The Labute approximate surface area is 170 Å². The lowest BCUT2D eigenvalue weighted by atomic mass is 10.2. The van der Waals surface area contributed by atoms with E-state index in [4.69, 9.17) is 26.4 Å². The van der Waals surface area contributed by atoms with Crippen LogP contribution in [0.25, 0.3) is 0 Å². The number of amides is 1. The van der Waals surface area contributed by atoms with E-state index in [-0.39, 0.29) is 12.0 Å². The maximum atomic E-state index is 12.3. The molecule has 0 aliphatic heterocycles. The first-order valence-electron chi connectivity index (χ1n) is 8.74. The van der Waals surface area contributed by atoms with Crippen molar-refractivity contribution in [1.82, 2.24) is 16.2 Å². The number of hydrogen-bond acceptors (Lipinski definition) is 5. The van der Waals surface area contributed by atoms with E-state index in [1.165, 1.54) is 7.11 Å². The van der Waals surface area contributed by atoms with Crippen molar-refractivity contribution in [3.63, 3.8) is 0 Å². The molecule has 0 fully saturated rings. The van der Waals surface area contributed by atoms with Gasteiger partial charge in [0, 0.05) is 12.1 Å². The Bertz CT molecular complexity index is 810. The van der Waals surface area contributed by atoms with Gasteiger partial charge in [-0.1, -0.05) is 12.1 Å². The van der Waals surface area contributed by atoms with Crippen LogP contribution in [0.3, 0.4) is 0 Å². The number of rotatable bonds is 7. The highest BCUT2D eigenvalue weighted by molar-refractivity contribution is 7.80. The summed E-state index contributed by atoms with van der Waals surface area (Å²) >= 11 is 5.18. The third kappa shape index (κ3) is 6.31. The number of nitrogens with one attached hydrogen (secondary N) is 3. The molecule has 2 aromatic carbocycles. The number of carbonyl (C=O) groups excluding carboxylic acids is 1. The van der Waals surface area contributed by atoms with Gasteiger partial charge in [0.25, 0.3) is 5.91 Å². The zero-order chi connectivity index (χ0) is 20.5. The Balaban J connectivity index is 1.85. The Morgan fingerprint density at radius 2 is 1.71 bits per heavy atom. The van der Waals surface area contributed by atoms with Gasteiger partial charge in [-0.05, 0) is 62.0 Å². The molecule has 2 rings (SSSR count). The predicted molar refractivity (Wildman–Crippen MR) is 112 cm³/mol. The van der Waals surface area contributed by atoms with Crippen molar-refractivity contribution in [3.05, 3.63) is 53.6 Å². The predicted octanol–water partition coefficient (Wildman–Crippen LogP) is 2.80. The molecule has 28 heavy (non-hydrogen) atoms. The van der Waals surface area contributed by atoms with E-state index in [1.807, 2.05) is 38.1 Å². The van der Waals surface area contributed by atoms with E-state index >= 15 is 0 Å². The summed E-state index contributed by atoms with van der Waals surface area (Å²) in [6.45, 7) is 4.36. The number of carbonyl (C=O) groups is 1. The summed E-state index contributed by atoms with van der Waals surface area (Å²) in [4.78, 5) is 12.3. The molecule has 0 bridgehead atoms. The first-order chi connectivity index (χ1) is 13.4. The molecule has 0 aromatic heterocycles. The number of thiocarbonyl (C=S) groups is 1. The van der Waals surface area contributed by atoms with Gasteiger partial charge in [-0.3, -0.25) is 15.6 Å². The zero-order valence-corrected chi connectivity index (χ0v) is 17.2. The first-order valence-corrected chi connectivity index (χ1v) is 9.15. The van der Waals surface area contributed by atoms with Crippen molar-refractivity contribution in [2.24, 2.45) is 0 Å². The van der Waals surface area contributed by atoms with Crippen LogP contribution in [0.2, 0.25) is 0 Å². The largest absolute Gasteiger partial charge is 0.497 e. The summed E-state index contributed by atoms with van der Waals surface area (Å²) in [6.07, 6.45) is 0.00407. The maximum Gasteiger partial charge on any atom is 0.269 e. The van der Waals surface area contributed by atoms with E-state index in [9.17, 15) is 4.79 Å². The van der Waals surface area contributed by atoms with Crippen molar-refractivity contribution >= 4 is 23.2 Å². The topological polar surface area (TPSA) is 80.9 Å². The fourth-order valence-electron chi connectivity index (χ4n) is 2.32. The summed E-state index contributed by atoms with van der Waals surface area (Å²) in [5.41, 5.74) is 6.68. The molecule has 0 saturated heterocycles. The minimum Gasteiger partial charge on any atom is -0.497 e. The fourth-order valence-corrected chi connectivity index (χ4v) is 2.44. The molecule has 2 aromatic rings. The van der Waals surface area contributed by atoms with Crippen molar-refractivity contribution in [3.8, 4) is 17.2 Å². The highest BCUT2D eigenvalue weighted by atomic mass is 32.1. The van der Waals surface area contributed by atoms with Crippen LogP contribution in [0, 0.1) is 0 Å². The minimum absolute atomic E-state index is 0.00407. The first kappa shape index (κ1) is 21.3. The van der Waals surface area contributed by atoms with Gasteiger partial charge in [-0.15, -0.1) is 0 Å². The lowest BCUT2D eigenvalue weighted by molar-refractivity contribution is 0.0943. The van der Waals surface area contributed by atoms with E-state index in [0.717, 1.165) is 11.3 Å². The van der Waals surface area contributed by atoms with Crippen LogP contribution in [0.15, 0.2) is 42.5 Å². The molecule has 0 atom stereocenters. The highest BCUT2D eigenvalue weighted by Crippen LogP contribution is 2.28. The summed E-state index contributed by atoms with van der Waals surface area (Å²) < 4.78 is 16.1. The molecule has 1 amide bonds. The van der Waals surface area contributed by atoms with Crippen LogP contribution in [-0.4, -0.2) is 31.3 Å². The third-order valence-electron chi connectivity index (χ3n) is 3.69. The van der Waals surface area contributed by atoms with Crippen LogP contribution in [0.4, 0.5) is 0 Å². The summed E-state index contributed by atoms with van der Waals surface area (Å²) in [6, 6.07) is 12.6. The lowest BCUT2D eigenvalue weighted by Gasteiger charge is -2.15. The van der Waals surface area contributed by atoms with Crippen molar-refractivity contribution in [2.45, 2.75) is 26.5 Å². The van der Waals surface area contributed by atoms with Crippen molar-refractivity contribution in [1.29, 1.82) is 0 Å². The van der Waals surface area contributed by atoms with Gasteiger partial charge in [0.05, 0.1) is 20.3 Å². The molecular formula is C20H25N3O4S. The molecule has 8 heteroatoms. The Morgan fingerprint density at radius 3 is 2.32 bits per heavy atom. The third-order valence-corrected chi connectivity index (χ3v) is 3.94. The molecular weight excluding hydrogens is 378 g/mol. The molecule has 0 aliphatic rings. The molecule has 0 heterocycles. The zero-order valence-electron chi connectivity index (χ0n) is 16.4. The van der Waals surface area contributed by atoms with E-state index < -0.39 is 0 Å². The number of hydrazine groups is 1. The van der Waals surface area contributed by atoms with Crippen molar-refractivity contribution < 1.29 is 19.0 Å². The van der Waals surface area contributed by atoms with Gasteiger partial charge in [-0.25, -0.2) is 0 Å². The lowest BCUT2D eigenvalue weighted by Crippen LogP contribution is -2.46. The van der Waals surface area contributed by atoms with Gasteiger partial charge in [0.2, 0.25) is 0 Å². The van der Waals surface area contributed by atoms with E-state index in [1.54, 1.807) is 25.3 Å². The number of hydrogen-bond donors (Lipinski definition) is 3. The molecule has 0 radical (unpaired) electrons. The Hall–Kier alpha value is -3.00. The normalized spacial score (nSPS) is 10.2. The van der Waals surface area contributed by atoms with Gasteiger partial charge < -0.3 is 19.5 Å². The van der Waals surface area contributed by atoms with Gasteiger partial charge >= 0.3 is 0 Å². The Morgan fingerprint density at radius 1 is 1.00 bits per heavy atom. The molecule has 3 N–H and O–H groups in total. The molecule has 150 valence electrons. The SMILES string of the molecule is COc1ccc(CNC(=S)NNC(=O)c2ccc(OC(C)C)c(OC)c2)cc1. The van der Waals surface area contributed by atoms with Crippen LogP contribution in [-0.2, 0) is 6.54 Å². The number of ether oxygens (including phenoxy) is 3. The van der Waals surface area contributed by atoms with E-state index in [0.29, 0.717) is 28.7 Å². The van der Waals surface area contributed by atoms with Gasteiger partial charge in [0.15, 0.2) is 16.6 Å².